The molecule has 0 saturated heterocycles. The van der Waals surface area contributed by atoms with Crippen LogP contribution < -0.4 is 16.4 Å². The van der Waals surface area contributed by atoms with Crippen LogP contribution in [0.1, 0.15) is 11.1 Å². The number of anilines is 4. The summed E-state index contributed by atoms with van der Waals surface area (Å²) in [4.78, 5) is 8.36. The lowest BCUT2D eigenvalue weighted by Crippen LogP contribution is -2.08. The van der Waals surface area contributed by atoms with Crippen LogP contribution >= 0.6 is 11.6 Å². The molecule has 3 rings (SSSR count). The monoisotopic (exact) mass is 357 g/mol. The van der Waals surface area contributed by atoms with Gasteiger partial charge in [0, 0.05) is 17.3 Å². The zero-order valence-electron chi connectivity index (χ0n) is 13.6. The highest BCUT2D eigenvalue weighted by Crippen LogP contribution is 2.28. The molecule has 0 fully saturated rings. The predicted octanol–water partition coefficient (Wildman–Crippen LogP) is 4.52. The highest BCUT2D eigenvalue weighted by molar-refractivity contribution is 6.30. The van der Waals surface area contributed by atoms with Crippen molar-refractivity contribution < 1.29 is 4.39 Å². The van der Waals surface area contributed by atoms with E-state index in [4.69, 9.17) is 17.3 Å². The van der Waals surface area contributed by atoms with E-state index in [-0.39, 0.29) is 5.82 Å². The number of aromatic nitrogens is 2. The predicted molar refractivity (Wildman–Crippen MR) is 99.6 cm³/mol. The molecule has 0 bridgehead atoms. The standard InChI is InChI=1S/C18H17ClFN5/c1-11-8-13(19)4-7-15(11)25-18-16(21)17(23-10-24-18)22-9-12-2-5-14(20)6-3-12/h2-8,10H,9,21H2,1H3,(H2,22,23,24,25). The first-order valence-corrected chi connectivity index (χ1v) is 8.02. The van der Waals surface area contributed by atoms with E-state index < -0.39 is 0 Å². The SMILES string of the molecule is Cc1cc(Cl)ccc1Nc1ncnc(NCc2ccc(F)cc2)c1N. The van der Waals surface area contributed by atoms with Gasteiger partial charge in [0.25, 0.3) is 0 Å². The minimum atomic E-state index is -0.268. The largest absolute Gasteiger partial charge is 0.393 e. The Labute approximate surface area is 150 Å². The summed E-state index contributed by atoms with van der Waals surface area (Å²) in [5, 5.41) is 7.00. The minimum Gasteiger partial charge on any atom is -0.393 e. The Morgan fingerprint density at radius 2 is 1.80 bits per heavy atom. The number of nitrogen functional groups attached to an aromatic ring is 1. The average Bonchev–Trinajstić information content (AvgIpc) is 2.59. The van der Waals surface area contributed by atoms with Crippen LogP contribution in [0.3, 0.4) is 0 Å². The molecule has 0 spiro atoms. The highest BCUT2D eigenvalue weighted by atomic mass is 35.5. The smallest absolute Gasteiger partial charge is 0.159 e. The van der Waals surface area contributed by atoms with Crippen molar-refractivity contribution in [2.24, 2.45) is 0 Å². The van der Waals surface area contributed by atoms with Gasteiger partial charge in [0.1, 0.15) is 17.8 Å². The summed E-state index contributed by atoms with van der Waals surface area (Å²) in [7, 11) is 0. The van der Waals surface area contributed by atoms with E-state index in [2.05, 4.69) is 20.6 Å². The fourth-order valence-electron chi connectivity index (χ4n) is 2.32. The molecule has 0 aliphatic carbocycles. The normalized spacial score (nSPS) is 10.5. The summed E-state index contributed by atoms with van der Waals surface area (Å²) in [6, 6.07) is 11.8. The van der Waals surface area contributed by atoms with Crippen LogP contribution in [0.5, 0.6) is 0 Å². The van der Waals surface area contributed by atoms with Gasteiger partial charge in [-0.15, -0.1) is 0 Å². The number of hydrogen-bond acceptors (Lipinski definition) is 5. The first kappa shape index (κ1) is 17.0. The van der Waals surface area contributed by atoms with E-state index in [0.29, 0.717) is 28.9 Å². The van der Waals surface area contributed by atoms with Gasteiger partial charge in [-0.3, -0.25) is 0 Å². The molecule has 5 nitrogen and oxygen atoms in total. The minimum absolute atomic E-state index is 0.268. The topological polar surface area (TPSA) is 75.9 Å². The Morgan fingerprint density at radius 1 is 1.08 bits per heavy atom. The van der Waals surface area contributed by atoms with Crippen molar-refractivity contribution in [3.05, 3.63) is 70.8 Å². The third-order valence-corrected chi connectivity index (χ3v) is 3.93. The highest BCUT2D eigenvalue weighted by Gasteiger charge is 2.09. The van der Waals surface area contributed by atoms with Gasteiger partial charge in [0.05, 0.1) is 0 Å². The van der Waals surface area contributed by atoms with Gasteiger partial charge in [-0.05, 0) is 48.4 Å². The quantitative estimate of drug-likeness (QED) is 0.626. The van der Waals surface area contributed by atoms with Crippen molar-refractivity contribution in [3.63, 3.8) is 0 Å². The van der Waals surface area contributed by atoms with Crippen molar-refractivity contribution in [3.8, 4) is 0 Å². The molecular formula is C18H17ClFN5. The molecule has 128 valence electrons. The fourth-order valence-corrected chi connectivity index (χ4v) is 2.55. The number of aryl methyl sites for hydroxylation is 1. The average molecular weight is 358 g/mol. The van der Waals surface area contributed by atoms with E-state index in [1.807, 2.05) is 19.1 Å². The number of nitrogens with one attached hydrogen (secondary N) is 2. The molecule has 0 saturated carbocycles. The molecule has 7 heteroatoms. The van der Waals surface area contributed by atoms with Crippen LogP contribution in [0.4, 0.5) is 27.4 Å². The maximum absolute atomic E-state index is 13.0. The number of benzene rings is 2. The molecule has 3 aromatic rings. The molecule has 0 radical (unpaired) electrons. The van der Waals surface area contributed by atoms with Crippen LogP contribution in [-0.4, -0.2) is 9.97 Å². The molecule has 4 N–H and O–H groups in total. The first-order chi connectivity index (χ1) is 12.0. The molecular weight excluding hydrogens is 341 g/mol. The number of halogens is 2. The van der Waals surface area contributed by atoms with Crippen molar-refractivity contribution in [1.82, 2.24) is 9.97 Å². The number of nitrogens with two attached hydrogens (primary N) is 1. The lowest BCUT2D eigenvalue weighted by atomic mass is 10.2. The van der Waals surface area contributed by atoms with Gasteiger partial charge in [0.2, 0.25) is 0 Å². The van der Waals surface area contributed by atoms with Gasteiger partial charge < -0.3 is 16.4 Å². The molecule has 2 aromatic carbocycles. The third kappa shape index (κ3) is 4.16. The van der Waals surface area contributed by atoms with Crippen LogP contribution in [-0.2, 0) is 6.54 Å². The molecule has 0 amide bonds. The van der Waals surface area contributed by atoms with E-state index in [0.717, 1.165) is 16.8 Å². The zero-order chi connectivity index (χ0) is 17.8. The molecule has 1 heterocycles. The van der Waals surface area contributed by atoms with Crippen molar-refractivity contribution >= 4 is 34.6 Å². The van der Waals surface area contributed by atoms with Gasteiger partial charge >= 0.3 is 0 Å². The zero-order valence-corrected chi connectivity index (χ0v) is 14.3. The van der Waals surface area contributed by atoms with Gasteiger partial charge in [0.15, 0.2) is 11.6 Å². The Hall–Kier alpha value is -2.86. The summed E-state index contributed by atoms with van der Waals surface area (Å²) >= 11 is 5.97. The van der Waals surface area contributed by atoms with Crippen molar-refractivity contribution in [1.29, 1.82) is 0 Å². The second-order valence-electron chi connectivity index (χ2n) is 5.55. The van der Waals surface area contributed by atoms with Crippen LogP contribution in [0, 0.1) is 12.7 Å². The summed E-state index contributed by atoms with van der Waals surface area (Å²) in [5.41, 5.74) is 9.32. The maximum Gasteiger partial charge on any atom is 0.159 e. The van der Waals surface area contributed by atoms with Gasteiger partial charge in [-0.1, -0.05) is 23.7 Å². The van der Waals surface area contributed by atoms with Gasteiger partial charge in [-0.2, -0.15) is 0 Å². The van der Waals surface area contributed by atoms with E-state index in [1.54, 1.807) is 18.2 Å². The fraction of sp³-hybridized carbons (Fsp3) is 0.111. The lowest BCUT2D eigenvalue weighted by Gasteiger charge is -2.14. The lowest BCUT2D eigenvalue weighted by molar-refractivity contribution is 0.627. The summed E-state index contributed by atoms with van der Waals surface area (Å²) in [6.45, 7) is 2.42. The number of rotatable bonds is 5. The maximum atomic E-state index is 13.0. The van der Waals surface area contributed by atoms with E-state index >= 15 is 0 Å². The molecule has 0 unspecified atom stereocenters. The molecule has 0 aliphatic heterocycles. The number of hydrogen-bond donors (Lipinski definition) is 3. The van der Waals surface area contributed by atoms with Gasteiger partial charge in [-0.25, -0.2) is 14.4 Å². The van der Waals surface area contributed by atoms with Crippen molar-refractivity contribution in [2.75, 3.05) is 16.4 Å². The molecule has 1 aromatic heterocycles. The second-order valence-corrected chi connectivity index (χ2v) is 5.99. The van der Waals surface area contributed by atoms with Crippen LogP contribution in [0.25, 0.3) is 0 Å². The van der Waals surface area contributed by atoms with Crippen LogP contribution in [0.15, 0.2) is 48.8 Å². The summed E-state index contributed by atoms with van der Waals surface area (Å²) in [6.07, 6.45) is 1.43. The Bertz CT molecular complexity index is 883. The van der Waals surface area contributed by atoms with E-state index in [9.17, 15) is 4.39 Å². The van der Waals surface area contributed by atoms with E-state index in [1.165, 1.54) is 18.5 Å². The Kier molecular flexibility index (Phi) is 5.00. The summed E-state index contributed by atoms with van der Waals surface area (Å²) in [5.74, 6) is 0.741. The molecule has 25 heavy (non-hydrogen) atoms. The first-order valence-electron chi connectivity index (χ1n) is 7.65. The Morgan fingerprint density at radius 3 is 2.52 bits per heavy atom. The summed E-state index contributed by atoms with van der Waals surface area (Å²) < 4.78 is 13.0. The Balaban J connectivity index is 1.76. The second kappa shape index (κ2) is 7.36. The third-order valence-electron chi connectivity index (χ3n) is 3.70. The molecule has 0 atom stereocenters. The van der Waals surface area contributed by atoms with Crippen molar-refractivity contribution in [2.45, 2.75) is 13.5 Å². The number of nitrogens with zero attached hydrogens (tertiary/aromatic N) is 2. The van der Waals surface area contributed by atoms with Crippen LogP contribution in [0.2, 0.25) is 5.02 Å². The molecule has 0 aliphatic rings.